The molecule has 12 rings (SSSR count). The van der Waals surface area contributed by atoms with E-state index in [9.17, 15) is 5.26 Å². The molecule has 12 aromatic rings. The number of aryl methyl sites for hydroxylation is 2. The Kier molecular flexibility index (Phi) is 9.25. The quantitative estimate of drug-likeness (QED) is 0.161. The Morgan fingerprint density at radius 2 is 0.682 bits per heavy atom. The molecule has 0 saturated carbocycles. The van der Waals surface area contributed by atoms with E-state index in [0.717, 1.165) is 116 Å². The molecule has 0 radical (unpaired) electrons. The molecule has 0 spiro atoms. The zero-order chi connectivity index (χ0) is 44.3. The van der Waals surface area contributed by atoms with Crippen LogP contribution in [-0.4, -0.2) is 19.1 Å². The van der Waals surface area contributed by atoms with Gasteiger partial charge < -0.3 is 9.13 Å². The van der Waals surface area contributed by atoms with Gasteiger partial charge in [0.15, 0.2) is 5.82 Å². The molecular formula is C61H41N5. The second kappa shape index (κ2) is 15.7. The summed E-state index contributed by atoms with van der Waals surface area (Å²) in [6.07, 6.45) is 0. The van der Waals surface area contributed by atoms with Crippen molar-refractivity contribution in [1.82, 2.24) is 19.1 Å². The summed E-state index contributed by atoms with van der Waals surface area (Å²) < 4.78 is 4.61. The van der Waals surface area contributed by atoms with Gasteiger partial charge in [-0.25, -0.2) is 9.97 Å². The Bertz CT molecular complexity index is 3660. The zero-order valence-corrected chi connectivity index (χ0v) is 36.4. The highest BCUT2D eigenvalue weighted by Crippen LogP contribution is 2.43. The maximum Gasteiger partial charge on any atom is 0.161 e. The van der Waals surface area contributed by atoms with Gasteiger partial charge in [0.05, 0.1) is 39.0 Å². The van der Waals surface area contributed by atoms with Gasteiger partial charge in [0.25, 0.3) is 0 Å². The first-order valence-corrected chi connectivity index (χ1v) is 22.3. The van der Waals surface area contributed by atoms with Crippen molar-refractivity contribution in [2.45, 2.75) is 13.8 Å². The van der Waals surface area contributed by atoms with Crippen LogP contribution < -0.4 is 0 Å². The van der Waals surface area contributed by atoms with Crippen LogP contribution in [0.5, 0.6) is 0 Å². The second-order valence-electron chi connectivity index (χ2n) is 17.0. The molecular weight excluding hydrogens is 803 g/mol. The normalized spacial score (nSPS) is 11.5. The summed E-state index contributed by atoms with van der Waals surface area (Å²) in [6, 6.07) is 77.7. The summed E-state index contributed by atoms with van der Waals surface area (Å²) >= 11 is 0. The Hall–Kier alpha value is -8.85. The molecule has 66 heavy (non-hydrogen) atoms. The van der Waals surface area contributed by atoms with Gasteiger partial charge in [0.2, 0.25) is 0 Å². The van der Waals surface area contributed by atoms with Gasteiger partial charge in [-0.15, -0.1) is 0 Å². The summed E-state index contributed by atoms with van der Waals surface area (Å²) in [6.45, 7) is 4.04. The number of aromatic nitrogens is 4. The van der Waals surface area contributed by atoms with E-state index < -0.39 is 0 Å². The molecule has 310 valence electrons. The van der Waals surface area contributed by atoms with E-state index in [1.165, 1.54) is 0 Å². The van der Waals surface area contributed by atoms with Gasteiger partial charge in [0, 0.05) is 38.5 Å². The highest BCUT2D eigenvalue weighted by atomic mass is 15.0. The topological polar surface area (TPSA) is 59.4 Å². The average Bonchev–Trinajstić information content (AvgIpc) is 3.87. The molecule has 3 aromatic heterocycles. The Morgan fingerprint density at radius 3 is 1.02 bits per heavy atom. The molecule has 0 N–H and O–H groups in total. The van der Waals surface area contributed by atoms with Crippen LogP contribution in [0.1, 0.15) is 17.0 Å². The van der Waals surface area contributed by atoms with Gasteiger partial charge in [-0.05, 0) is 101 Å². The molecule has 0 fully saturated rings. The number of nitrogens with zero attached hydrogens (tertiary/aromatic N) is 5. The molecule has 3 heterocycles. The Morgan fingerprint density at radius 1 is 0.348 bits per heavy atom. The van der Waals surface area contributed by atoms with Gasteiger partial charge >= 0.3 is 0 Å². The van der Waals surface area contributed by atoms with Crippen molar-refractivity contribution in [2.24, 2.45) is 0 Å². The molecule has 0 amide bonds. The van der Waals surface area contributed by atoms with E-state index in [2.05, 4.69) is 197 Å². The van der Waals surface area contributed by atoms with Crippen LogP contribution in [0, 0.1) is 25.2 Å². The van der Waals surface area contributed by atoms with Crippen LogP contribution in [0.4, 0.5) is 0 Å². The van der Waals surface area contributed by atoms with E-state index in [0.29, 0.717) is 11.4 Å². The minimum absolute atomic E-state index is 0.528. The van der Waals surface area contributed by atoms with Gasteiger partial charge in [-0.2, -0.15) is 5.26 Å². The first-order chi connectivity index (χ1) is 32.5. The number of fused-ring (bicyclic) bond motifs is 6. The van der Waals surface area contributed by atoms with Crippen LogP contribution in [-0.2, 0) is 0 Å². The van der Waals surface area contributed by atoms with E-state index in [1.807, 2.05) is 44.2 Å². The van der Waals surface area contributed by atoms with Crippen LogP contribution in [0.15, 0.2) is 212 Å². The van der Waals surface area contributed by atoms with Crippen molar-refractivity contribution in [3.63, 3.8) is 0 Å². The van der Waals surface area contributed by atoms with Crippen LogP contribution in [0.2, 0.25) is 0 Å². The van der Waals surface area contributed by atoms with Crippen molar-refractivity contribution < 1.29 is 0 Å². The summed E-state index contributed by atoms with van der Waals surface area (Å²) in [4.78, 5) is 10.3. The fourth-order valence-corrected chi connectivity index (χ4v) is 9.86. The van der Waals surface area contributed by atoms with E-state index >= 15 is 0 Å². The van der Waals surface area contributed by atoms with Crippen molar-refractivity contribution in [1.29, 1.82) is 5.26 Å². The van der Waals surface area contributed by atoms with Gasteiger partial charge in [0.1, 0.15) is 6.07 Å². The first-order valence-electron chi connectivity index (χ1n) is 22.3. The van der Waals surface area contributed by atoms with Crippen LogP contribution >= 0.6 is 0 Å². The van der Waals surface area contributed by atoms with E-state index in [1.54, 1.807) is 0 Å². The van der Waals surface area contributed by atoms with Crippen LogP contribution in [0.25, 0.3) is 111 Å². The smallest absolute Gasteiger partial charge is 0.161 e. The molecule has 5 heteroatoms. The SMILES string of the molecule is Cc1cc(C)nc(-c2cc(-n3c4cc(-c5ccccc5)ccc4c4ccc(-c5ccccc5)cc43)c(C#N)cc2-n2c3cc(-c4ccccc4)ccc3c3ccc(-c4ccccc4)cc32)n1. The molecule has 5 nitrogen and oxygen atoms in total. The Labute approximate surface area is 382 Å². The van der Waals surface area contributed by atoms with Crippen molar-refractivity contribution in [3.05, 3.63) is 229 Å². The van der Waals surface area contributed by atoms with E-state index in [4.69, 9.17) is 9.97 Å². The van der Waals surface area contributed by atoms with Crippen molar-refractivity contribution >= 4 is 43.6 Å². The molecule has 0 aliphatic carbocycles. The summed E-state index contributed by atoms with van der Waals surface area (Å²) in [7, 11) is 0. The zero-order valence-electron chi connectivity index (χ0n) is 36.4. The fourth-order valence-electron chi connectivity index (χ4n) is 9.86. The Balaban J connectivity index is 1.21. The molecule has 0 saturated heterocycles. The third kappa shape index (κ3) is 6.55. The van der Waals surface area contributed by atoms with Gasteiger partial charge in [-0.1, -0.05) is 170 Å². The average molecular weight is 844 g/mol. The predicted molar refractivity (Wildman–Crippen MR) is 272 cm³/mol. The lowest BCUT2D eigenvalue weighted by molar-refractivity contribution is 1.05. The molecule has 0 aliphatic rings. The third-order valence-electron chi connectivity index (χ3n) is 12.9. The lowest BCUT2D eigenvalue weighted by Crippen LogP contribution is -2.06. The standard InChI is InChI=1S/C61H41N5/c1-39-31-40(2)64-61(63-39)54-37-55(65-56-32-45(41-15-7-3-8-16-41)23-27-50(56)51-28-24-46(33-57(51)65)42-17-9-4-10-18-42)49(38-62)36-60(54)66-58-34-47(43-19-11-5-12-20-43)25-29-52(58)53-30-26-48(35-59(53)66)44-21-13-6-14-22-44/h3-37H,1-2H3. The minimum atomic E-state index is 0.528. The number of hydrogen-bond acceptors (Lipinski definition) is 3. The summed E-state index contributed by atoms with van der Waals surface area (Å²) in [5.41, 5.74) is 17.6. The monoisotopic (exact) mass is 843 g/mol. The number of rotatable bonds is 7. The fraction of sp³-hybridized carbons (Fsp3) is 0.0328. The predicted octanol–water partition coefficient (Wildman–Crippen LogP) is 15.5. The van der Waals surface area contributed by atoms with Crippen molar-refractivity contribution in [3.8, 4) is 73.3 Å². The molecule has 0 bridgehead atoms. The van der Waals surface area contributed by atoms with Crippen molar-refractivity contribution in [2.75, 3.05) is 0 Å². The third-order valence-corrected chi connectivity index (χ3v) is 12.9. The molecule has 0 aliphatic heterocycles. The second-order valence-corrected chi connectivity index (χ2v) is 17.0. The number of benzene rings is 9. The first kappa shape index (κ1) is 38.8. The number of nitriles is 1. The lowest BCUT2D eigenvalue weighted by atomic mass is 10.0. The van der Waals surface area contributed by atoms with E-state index in [-0.39, 0.29) is 0 Å². The largest absolute Gasteiger partial charge is 0.308 e. The molecule has 9 aromatic carbocycles. The highest BCUT2D eigenvalue weighted by Gasteiger charge is 2.24. The summed E-state index contributed by atoms with van der Waals surface area (Å²) in [5, 5.41) is 15.9. The maximum atomic E-state index is 11.5. The minimum Gasteiger partial charge on any atom is -0.308 e. The van der Waals surface area contributed by atoms with Gasteiger partial charge in [-0.3, -0.25) is 0 Å². The molecule has 0 atom stereocenters. The number of hydrogen-bond donors (Lipinski definition) is 0. The van der Waals surface area contributed by atoms with Crippen LogP contribution in [0.3, 0.4) is 0 Å². The highest BCUT2D eigenvalue weighted by molar-refractivity contribution is 6.13. The summed E-state index contributed by atoms with van der Waals surface area (Å²) in [5.74, 6) is 0.595. The maximum absolute atomic E-state index is 11.5. The lowest BCUT2D eigenvalue weighted by Gasteiger charge is -2.19. The molecule has 0 unspecified atom stereocenters.